The summed E-state index contributed by atoms with van der Waals surface area (Å²) < 4.78 is 30.1. The van der Waals surface area contributed by atoms with Crippen LogP contribution in [0.4, 0.5) is 0 Å². The van der Waals surface area contributed by atoms with Crippen molar-refractivity contribution in [2.45, 2.75) is 24.5 Å². The summed E-state index contributed by atoms with van der Waals surface area (Å²) >= 11 is 1.51. The van der Waals surface area contributed by atoms with E-state index >= 15 is 0 Å². The van der Waals surface area contributed by atoms with Gasteiger partial charge in [-0.15, -0.1) is 11.3 Å². The van der Waals surface area contributed by atoms with Crippen molar-refractivity contribution >= 4 is 33.2 Å². The van der Waals surface area contributed by atoms with Gasteiger partial charge in [0, 0.05) is 11.9 Å². The quantitative estimate of drug-likeness (QED) is 0.524. The number of rotatable bonds is 8. The highest BCUT2D eigenvalue weighted by Gasteiger charge is 2.22. The van der Waals surface area contributed by atoms with Crippen LogP contribution >= 0.6 is 11.3 Å². The number of nitrogens with one attached hydrogen (secondary N) is 1. The molecule has 0 aliphatic heterocycles. The normalized spacial score (nSPS) is 12.6. The number of hydrogen-bond acceptors (Lipinski definition) is 7. The molecule has 146 valence electrons. The molecule has 1 aromatic carbocycles. The minimum atomic E-state index is -3.80. The van der Waals surface area contributed by atoms with Crippen LogP contribution in [0.1, 0.15) is 22.2 Å². The van der Waals surface area contributed by atoms with Crippen molar-refractivity contribution in [2.75, 3.05) is 14.2 Å². The number of nitrogens with zero attached hydrogens (tertiary/aromatic N) is 1. The van der Waals surface area contributed by atoms with Gasteiger partial charge in [0.15, 0.2) is 6.10 Å². The van der Waals surface area contributed by atoms with Gasteiger partial charge in [-0.2, -0.15) is 0 Å². The Morgan fingerprint density at radius 1 is 1.22 bits per heavy atom. The predicted octanol–water partition coefficient (Wildman–Crippen LogP) is 1.79. The molecule has 2 rings (SSSR count). The molecule has 8 nitrogen and oxygen atoms in total. The number of amides is 1. The van der Waals surface area contributed by atoms with Gasteiger partial charge in [0.1, 0.15) is 0 Å². The van der Waals surface area contributed by atoms with Gasteiger partial charge >= 0.3 is 5.97 Å². The van der Waals surface area contributed by atoms with E-state index in [-0.39, 0.29) is 10.5 Å². The molecule has 0 aliphatic rings. The van der Waals surface area contributed by atoms with Gasteiger partial charge in [0.25, 0.3) is 15.9 Å². The van der Waals surface area contributed by atoms with Crippen molar-refractivity contribution in [3.63, 3.8) is 0 Å². The monoisotopic (exact) mass is 412 g/mol. The van der Waals surface area contributed by atoms with E-state index in [1.54, 1.807) is 0 Å². The third-order valence-electron chi connectivity index (χ3n) is 3.65. The van der Waals surface area contributed by atoms with Gasteiger partial charge in [0.2, 0.25) is 0 Å². The highest BCUT2D eigenvalue weighted by Crippen LogP contribution is 2.16. The van der Waals surface area contributed by atoms with Crippen LogP contribution < -0.4 is 5.32 Å². The zero-order valence-corrected chi connectivity index (χ0v) is 16.7. The molecule has 0 fully saturated rings. The number of benzene rings is 1. The number of carbonyl (C=O) groups is 2. The van der Waals surface area contributed by atoms with E-state index in [1.807, 2.05) is 17.5 Å². The minimum Gasteiger partial charge on any atom is -0.449 e. The Morgan fingerprint density at radius 3 is 2.44 bits per heavy atom. The van der Waals surface area contributed by atoms with Crippen LogP contribution in [0.25, 0.3) is 0 Å². The standard InChI is InChI=1S/C17H20N2O6S2/c1-12(16(20)18-11-14-5-4-10-26-14)25-17(21)13-6-8-15(9-7-13)27(22,23)19(2)24-3/h4-10,12H,11H2,1-3H3,(H,18,20)/t12-/m0/s1. The summed E-state index contributed by atoms with van der Waals surface area (Å²) in [6.07, 6.45) is -0.986. The molecule has 0 saturated heterocycles. The number of sulfonamides is 1. The fraction of sp³-hybridized carbons (Fsp3) is 0.294. The Hall–Kier alpha value is -2.27. The molecule has 0 radical (unpaired) electrons. The van der Waals surface area contributed by atoms with Crippen molar-refractivity contribution in [3.8, 4) is 0 Å². The Morgan fingerprint density at radius 2 is 1.89 bits per heavy atom. The van der Waals surface area contributed by atoms with Crippen LogP contribution in [-0.4, -0.2) is 45.0 Å². The number of thiophene rings is 1. The second-order valence-electron chi connectivity index (χ2n) is 5.47. The van der Waals surface area contributed by atoms with Crippen LogP contribution in [0.2, 0.25) is 0 Å². The van der Waals surface area contributed by atoms with Crippen LogP contribution in [0.3, 0.4) is 0 Å². The molecule has 1 aromatic heterocycles. The second kappa shape index (κ2) is 9.09. The summed E-state index contributed by atoms with van der Waals surface area (Å²) in [6, 6.07) is 8.93. The van der Waals surface area contributed by atoms with Gasteiger partial charge < -0.3 is 10.1 Å². The summed E-state index contributed by atoms with van der Waals surface area (Å²) in [5, 5.41) is 4.59. The smallest absolute Gasteiger partial charge is 0.338 e. The maximum absolute atomic E-state index is 12.2. The third-order valence-corrected chi connectivity index (χ3v) is 6.22. The maximum Gasteiger partial charge on any atom is 0.338 e. The molecule has 2 aromatic rings. The molecule has 0 spiro atoms. The van der Waals surface area contributed by atoms with Crippen LogP contribution in [0.5, 0.6) is 0 Å². The van der Waals surface area contributed by atoms with Crippen molar-refractivity contribution < 1.29 is 27.6 Å². The number of hydrogen-bond donors (Lipinski definition) is 1. The largest absolute Gasteiger partial charge is 0.449 e. The third kappa shape index (κ3) is 5.36. The molecule has 10 heteroatoms. The van der Waals surface area contributed by atoms with Crippen molar-refractivity contribution in [2.24, 2.45) is 0 Å². The average Bonchev–Trinajstić information content (AvgIpc) is 3.18. The first-order chi connectivity index (χ1) is 12.8. The lowest BCUT2D eigenvalue weighted by molar-refractivity contribution is -0.129. The fourth-order valence-corrected chi connectivity index (χ4v) is 3.64. The zero-order valence-electron chi connectivity index (χ0n) is 15.0. The Bertz CT molecular complexity index is 879. The van der Waals surface area contributed by atoms with Crippen molar-refractivity contribution in [1.29, 1.82) is 0 Å². The molecule has 0 bridgehead atoms. The van der Waals surface area contributed by atoms with Crippen molar-refractivity contribution in [3.05, 3.63) is 52.2 Å². The number of esters is 1. The summed E-state index contributed by atoms with van der Waals surface area (Å²) in [5.74, 6) is -1.14. The molecular weight excluding hydrogens is 392 g/mol. The molecular formula is C17H20N2O6S2. The van der Waals surface area contributed by atoms with E-state index in [1.165, 1.54) is 56.7 Å². The van der Waals surface area contributed by atoms with E-state index in [9.17, 15) is 18.0 Å². The molecule has 1 heterocycles. The van der Waals surface area contributed by atoms with Gasteiger partial charge in [-0.25, -0.2) is 13.2 Å². The van der Waals surface area contributed by atoms with E-state index in [0.29, 0.717) is 11.0 Å². The summed E-state index contributed by atoms with van der Waals surface area (Å²) in [4.78, 5) is 29.8. The highest BCUT2D eigenvalue weighted by atomic mass is 32.2. The molecule has 0 saturated carbocycles. The number of ether oxygens (including phenoxy) is 1. The molecule has 1 N–H and O–H groups in total. The van der Waals surface area contributed by atoms with Crippen molar-refractivity contribution in [1.82, 2.24) is 9.79 Å². The van der Waals surface area contributed by atoms with Gasteiger partial charge in [0.05, 0.1) is 24.1 Å². The average molecular weight is 412 g/mol. The van der Waals surface area contributed by atoms with Gasteiger partial charge in [-0.1, -0.05) is 10.5 Å². The van der Waals surface area contributed by atoms with E-state index in [2.05, 4.69) is 10.2 Å². The Balaban J connectivity index is 1.96. The molecule has 27 heavy (non-hydrogen) atoms. The molecule has 1 atom stereocenters. The summed E-state index contributed by atoms with van der Waals surface area (Å²) in [7, 11) is -1.31. The van der Waals surface area contributed by atoms with Crippen LogP contribution in [-0.2, 0) is 30.9 Å². The SMILES string of the molecule is CON(C)S(=O)(=O)c1ccc(C(=O)O[C@@H](C)C(=O)NCc2cccs2)cc1. The molecule has 0 unspecified atom stereocenters. The second-order valence-corrected chi connectivity index (χ2v) is 8.43. The Kier molecular flexibility index (Phi) is 7.08. The lowest BCUT2D eigenvalue weighted by Crippen LogP contribution is -2.35. The van der Waals surface area contributed by atoms with E-state index < -0.39 is 28.0 Å². The summed E-state index contributed by atoms with van der Waals surface area (Å²) in [5.41, 5.74) is 0.131. The number of hydroxylamine groups is 1. The lowest BCUT2D eigenvalue weighted by Gasteiger charge is -2.15. The first kappa shape index (κ1) is 21.0. The number of carbonyl (C=O) groups excluding carboxylic acids is 2. The lowest BCUT2D eigenvalue weighted by atomic mass is 10.2. The van der Waals surface area contributed by atoms with E-state index in [0.717, 1.165) is 4.88 Å². The van der Waals surface area contributed by atoms with Gasteiger partial charge in [-0.3, -0.25) is 9.63 Å². The first-order valence-corrected chi connectivity index (χ1v) is 10.2. The first-order valence-electron chi connectivity index (χ1n) is 7.90. The summed E-state index contributed by atoms with van der Waals surface area (Å²) in [6.45, 7) is 1.83. The predicted molar refractivity (Wildman–Crippen MR) is 99.4 cm³/mol. The molecule has 1 amide bonds. The zero-order chi connectivity index (χ0) is 20.0. The Labute approximate surface area is 161 Å². The van der Waals surface area contributed by atoms with Crippen LogP contribution in [0.15, 0.2) is 46.7 Å². The highest BCUT2D eigenvalue weighted by molar-refractivity contribution is 7.89. The minimum absolute atomic E-state index is 0.0369. The molecule has 0 aliphatic carbocycles. The van der Waals surface area contributed by atoms with Gasteiger partial charge in [-0.05, 0) is 42.6 Å². The fourth-order valence-electron chi connectivity index (χ4n) is 2.02. The maximum atomic E-state index is 12.2. The topological polar surface area (TPSA) is 102 Å². The van der Waals surface area contributed by atoms with Crippen LogP contribution in [0, 0.1) is 0 Å². The van der Waals surface area contributed by atoms with E-state index in [4.69, 9.17) is 4.74 Å².